The number of benzene rings is 1. The molecule has 1 aromatic rings. The van der Waals surface area contributed by atoms with Gasteiger partial charge in [-0.15, -0.1) is 0 Å². The quantitative estimate of drug-likeness (QED) is 0.774. The van der Waals surface area contributed by atoms with Gasteiger partial charge in [0.05, 0.1) is 0 Å². The summed E-state index contributed by atoms with van der Waals surface area (Å²) in [5.41, 5.74) is 6.47. The average molecular weight is 197 g/mol. The molecule has 0 heterocycles. The summed E-state index contributed by atoms with van der Waals surface area (Å²) in [5, 5.41) is 8.84. The lowest BCUT2D eigenvalue weighted by Crippen LogP contribution is -2.35. The maximum absolute atomic E-state index is 13.5. The third-order valence-corrected chi connectivity index (χ3v) is 2.42. The molecule has 3 heteroatoms. The molecular formula is C11H16FNO. The Bertz CT molecular complexity index is 303. The van der Waals surface area contributed by atoms with Gasteiger partial charge in [-0.2, -0.15) is 0 Å². The lowest BCUT2D eigenvalue weighted by molar-refractivity contribution is 0.244. The van der Waals surface area contributed by atoms with E-state index in [1.54, 1.807) is 13.0 Å². The first kappa shape index (κ1) is 11.1. The number of hydrogen-bond donors (Lipinski definition) is 2. The van der Waals surface area contributed by atoms with E-state index in [-0.39, 0.29) is 12.4 Å². The van der Waals surface area contributed by atoms with Gasteiger partial charge in [-0.25, -0.2) is 4.39 Å². The van der Waals surface area contributed by atoms with Crippen LogP contribution in [0, 0.1) is 12.7 Å². The van der Waals surface area contributed by atoms with Crippen LogP contribution in [-0.4, -0.2) is 11.7 Å². The monoisotopic (exact) mass is 197 g/mol. The summed E-state index contributed by atoms with van der Waals surface area (Å²) >= 11 is 0. The summed E-state index contributed by atoms with van der Waals surface area (Å²) in [6, 6.07) is 4.87. The highest BCUT2D eigenvalue weighted by Crippen LogP contribution is 2.27. The second-order valence-electron chi connectivity index (χ2n) is 3.82. The van der Waals surface area contributed by atoms with E-state index in [9.17, 15) is 4.39 Å². The zero-order valence-electron chi connectivity index (χ0n) is 8.55. The first-order valence-corrected chi connectivity index (χ1v) is 4.64. The molecule has 0 fully saturated rings. The Hall–Kier alpha value is -0.930. The fourth-order valence-electron chi connectivity index (χ4n) is 1.71. The Morgan fingerprint density at radius 3 is 2.64 bits per heavy atom. The number of halogens is 1. The van der Waals surface area contributed by atoms with E-state index in [1.165, 1.54) is 6.07 Å². The summed E-state index contributed by atoms with van der Waals surface area (Å²) in [6.07, 6.45) is 0.356. The molecule has 0 aromatic heterocycles. The van der Waals surface area contributed by atoms with E-state index in [0.717, 1.165) is 5.56 Å². The van der Waals surface area contributed by atoms with E-state index in [2.05, 4.69) is 0 Å². The zero-order valence-corrected chi connectivity index (χ0v) is 8.55. The number of nitrogens with two attached hydrogens (primary N) is 1. The lowest BCUT2D eigenvalue weighted by atomic mass is 9.86. The molecule has 78 valence electrons. The van der Waals surface area contributed by atoms with Crippen LogP contribution in [0.2, 0.25) is 0 Å². The number of aryl methyl sites for hydroxylation is 1. The molecule has 0 spiro atoms. The van der Waals surface area contributed by atoms with E-state index >= 15 is 0 Å². The molecule has 0 aliphatic rings. The van der Waals surface area contributed by atoms with Crippen molar-refractivity contribution in [3.8, 4) is 0 Å². The Balaban J connectivity index is 3.17. The second-order valence-corrected chi connectivity index (χ2v) is 3.82. The van der Waals surface area contributed by atoms with Gasteiger partial charge in [0.25, 0.3) is 0 Å². The van der Waals surface area contributed by atoms with Crippen molar-refractivity contribution < 1.29 is 9.50 Å². The van der Waals surface area contributed by atoms with Crippen molar-refractivity contribution in [2.45, 2.75) is 25.8 Å². The molecule has 1 rings (SSSR count). The van der Waals surface area contributed by atoms with Crippen LogP contribution in [0.5, 0.6) is 0 Å². The van der Waals surface area contributed by atoms with Gasteiger partial charge in [-0.3, -0.25) is 0 Å². The van der Waals surface area contributed by atoms with Crippen LogP contribution >= 0.6 is 0 Å². The van der Waals surface area contributed by atoms with Crippen LogP contribution in [0.1, 0.15) is 24.5 Å². The minimum Gasteiger partial charge on any atom is -0.396 e. The van der Waals surface area contributed by atoms with Crippen molar-refractivity contribution >= 4 is 0 Å². The molecular weight excluding hydrogens is 181 g/mol. The molecule has 0 radical (unpaired) electrons. The van der Waals surface area contributed by atoms with Gasteiger partial charge in [0, 0.05) is 17.7 Å². The van der Waals surface area contributed by atoms with Gasteiger partial charge in [-0.05, 0) is 31.9 Å². The van der Waals surface area contributed by atoms with Crippen LogP contribution in [0.4, 0.5) is 4.39 Å². The van der Waals surface area contributed by atoms with Crippen LogP contribution in [0.25, 0.3) is 0 Å². The maximum Gasteiger partial charge on any atom is 0.128 e. The maximum atomic E-state index is 13.5. The van der Waals surface area contributed by atoms with Gasteiger partial charge in [0.1, 0.15) is 5.82 Å². The highest BCUT2D eigenvalue weighted by Gasteiger charge is 2.25. The zero-order chi connectivity index (χ0) is 10.8. The smallest absolute Gasteiger partial charge is 0.128 e. The normalized spacial score (nSPS) is 15.2. The van der Waals surface area contributed by atoms with Gasteiger partial charge in [0.2, 0.25) is 0 Å². The lowest BCUT2D eigenvalue weighted by Gasteiger charge is -2.26. The summed E-state index contributed by atoms with van der Waals surface area (Å²) in [7, 11) is 0. The molecule has 0 aliphatic heterocycles. The van der Waals surface area contributed by atoms with Crippen molar-refractivity contribution in [2.24, 2.45) is 5.73 Å². The van der Waals surface area contributed by atoms with Crippen molar-refractivity contribution in [3.05, 3.63) is 35.1 Å². The number of rotatable bonds is 3. The highest BCUT2D eigenvalue weighted by molar-refractivity contribution is 5.33. The largest absolute Gasteiger partial charge is 0.396 e. The fourth-order valence-corrected chi connectivity index (χ4v) is 1.71. The molecule has 0 aliphatic carbocycles. The van der Waals surface area contributed by atoms with Crippen LogP contribution in [0.3, 0.4) is 0 Å². The van der Waals surface area contributed by atoms with Crippen LogP contribution in [-0.2, 0) is 5.54 Å². The van der Waals surface area contributed by atoms with Crippen molar-refractivity contribution in [2.75, 3.05) is 6.61 Å². The highest BCUT2D eigenvalue weighted by atomic mass is 19.1. The topological polar surface area (TPSA) is 46.2 Å². The van der Waals surface area contributed by atoms with E-state index in [0.29, 0.717) is 12.0 Å². The molecule has 1 aromatic carbocycles. The summed E-state index contributed by atoms with van der Waals surface area (Å²) < 4.78 is 13.5. The third-order valence-electron chi connectivity index (χ3n) is 2.42. The minimum absolute atomic E-state index is 0.0409. The third kappa shape index (κ3) is 2.11. The standard InChI is InChI=1S/C11H16FNO/c1-8-4-3-5-9(12)10(8)11(2,13)6-7-14/h3-5,14H,6-7,13H2,1-2H3. The van der Waals surface area contributed by atoms with Gasteiger partial charge < -0.3 is 10.8 Å². The van der Waals surface area contributed by atoms with E-state index in [4.69, 9.17) is 10.8 Å². The molecule has 1 unspecified atom stereocenters. The number of hydrogen-bond acceptors (Lipinski definition) is 2. The Morgan fingerprint density at radius 2 is 2.14 bits per heavy atom. The molecule has 2 nitrogen and oxygen atoms in total. The molecule has 1 atom stereocenters. The van der Waals surface area contributed by atoms with Crippen molar-refractivity contribution in [1.29, 1.82) is 0 Å². The first-order chi connectivity index (χ1) is 6.49. The van der Waals surface area contributed by atoms with Crippen LogP contribution < -0.4 is 5.73 Å². The Morgan fingerprint density at radius 1 is 1.50 bits per heavy atom. The SMILES string of the molecule is Cc1cccc(F)c1C(C)(N)CCO. The Kier molecular flexibility index (Phi) is 3.24. The molecule has 3 N–H and O–H groups in total. The summed E-state index contributed by atoms with van der Waals surface area (Å²) in [5.74, 6) is -0.302. The molecule has 14 heavy (non-hydrogen) atoms. The molecule has 0 saturated carbocycles. The predicted molar refractivity (Wildman–Crippen MR) is 54.4 cm³/mol. The fraction of sp³-hybridized carbons (Fsp3) is 0.455. The number of aliphatic hydroxyl groups is 1. The van der Waals surface area contributed by atoms with Crippen LogP contribution in [0.15, 0.2) is 18.2 Å². The second kappa shape index (κ2) is 4.07. The Labute approximate surface area is 83.6 Å². The summed E-state index contributed by atoms with van der Waals surface area (Å²) in [4.78, 5) is 0. The van der Waals surface area contributed by atoms with E-state index in [1.807, 2.05) is 13.0 Å². The molecule has 0 bridgehead atoms. The van der Waals surface area contributed by atoms with Gasteiger partial charge in [-0.1, -0.05) is 12.1 Å². The van der Waals surface area contributed by atoms with Gasteiger partial charge >= 0.3 is 0 Å². The van der Waals surface area contributed by atoms with Gasteiger partial charge in [0.15, 0.2) is 0 Å². The van der Waals surface area contributed by atoms with Crippen molar-refractivity contribution in [3.63, 3.8) is 0 Å². The first-order valence-electron chi connectivity index (χ1n) is 4.64. The predicted octanol–water partition coefficient (Wildman–Crippen LogP) is 1.69. The molecule has 0 amide bonds. The van der Waals surface area contributed by atoms with E-state index < -0.39 is 5.54 Å². The van der Waals surface area contributed by atoms with Crippen molar-refractivity contribution in [1.82, 2.24) is 0 Å². The minimum atomic E-state index is -0.801. The summed E-state index contributed by atoms with van der Waals surface area (Å²) in [6.45, 7) is 3.51. The molecule has 0 saturated heterocycles. The number of aliphatic hydroxyl groups excluding tert-OH is 1. The average Bonchev–Trinajstić information content (AvgIpc) is 2.02.